The largest absolute Gasteiger partial charge is 0.503 e. The molecule has 6 nitrogen and oxygen atoms in total. The van der Waals surface area contributed by atoms with E-state index < -0.39 is 17.7 Å². The second-order valence-electron chi connectivity index (χ2n) is 6.23. The summed E-state index contributed by atoms with van der Waals surface area (Å²) in [6.45, 7) is 0.111. The van der Waals surface area contributed by atoms with Gasteiger partial charge < -0.3 is 19.2 Å². The fraction of sp³-hybridized carbons (Fsp3) is 0.143. The van der Waals surface area contributed by atoms with Crippen molar-refractivity contribution < 1.29 is 23.8 Å². The summed E-state index contributed by atoms with van der Waals surface area (Å²) in [7, 11) is 1.52. The van der Waals surface area contributed by atoms with Gasteiger partial charge in [-0.15, -0.1) is 11.3 Å². The first-order valence-electron chi connectivity index (χ1n) is 8.59. The van der Waals surface area contributed by atoms with Crippen LogP contribution < -0.4 is 4.74 Å². The molecule has 3 heterocycles. The molecule has 1 amide bonds. The average Bonchev–Trinajstić information content (AvgIpc) is 3.46. The number of furan rings is 1. The Morgan fingerprint density at radius 2 is 2.04 bits per heavy atom. The Bertz CT molecular complexity index is 1040. The van der Waals surface area contributed by atoms with Gasteiger partial charge in [-0.05, 0) is 29.6 Å². The number of amides is 1. The van der Waals surface area contributed by atoms with E-state index in [0.717, 1.165) is 0 Å². The number of para-hydroxylation sites is 1. The number of ether oxygens (including phenoxy) is 1. The molecule has 0 fully saturated rings. The van der Waals surface area contributed by atoms with Gasteiger partial charge in [0.15, 0.2) is 5.76 Å². The molecule has 0 bridgehead atoms. The molecule has 2 aromatic heterocycles. The SMILES string of the molecule is COc1ccccc1C1C(C(=O)c2cccs2)=C(O)C(=O)N1Cc1ccco1. The highest BCUT2D eigenvalue weighted by molar-refractivity contribution is 7.12. The highest BCUT2D eigenvalue weighted by Gasteiger charge is 2.45. The van der Waals surface area contributed by atoms with Crippen LogP contribution in [0.15, 0.2) is 75.9 Å². The first-order chi connectivity index (χ1) is 13.6. The molecule has 4 rings (SSSR count). The van der Waals surface area contributed by atoms with Crippen LogP contribution in [0, 0.1) is 0 Å². The van der Waals surface area contributed by atoms with Gasteiger partial charge in [-0.1, -0.05) is 24.3 Å². The van der Waals surface area contributed by atoms with Gasteiger partial charge >= 0.3 is 0 Å². The summed E-state index contributed by atoms with van der Waals surface area (Å²) in [6, 6.07) is 13.2. The average molecular weight is 395 g/mol. The zero-order chi connectivity index (χ0) is 19.7. The molecule has 1 unspecified atom stereocenters. The molecule has 0 aliphatic carbocycles. The molecule has 1 aliphatic rings. The lowest BCUT2D eigenvalue weighted by atomic mass is 9.94. The maximum Gasteiger partial charge on any atom is 0.290 e. The minimum absolute atomic E-state index is 0.0449. The summed E-state index contributed by atoms with van der Waals surface area (Å²) < 4.78 is 10.8. The van der Waals surface area contributed by atoms with Crippen molar-refractivity contribution >= 4 is 23.0 Å². The lowest BCUT2D eigenvalue weighted by molar-refractivity contribution is -0.130. The fourth-order valence-corrected chi connectivity index (χ4v) is 4.05. The third kappa shape index (κ3) is 2.99. The van der Waals surface area contributed by atoms with Crippen LogP contribution in [-0.2, 0) is 11.3 Å². The number of thiophene rings is 1. The summed E-state index contributed by atoms with van der Waals surface area (Å²) in [4.78, 5) is 27.9. The zero-order valence-electron chi connectivity index (χ0n) is 15.0. The second-order valence-corrected chi connectivity index (χ2v) is 7.17. The Hall–Kier alpha value is -3.32. The summed E-state index contributed by atoms with van der Waals surface area (Å²) >= 11 is 1.26. The molecule has 3 aromatic rings. The maximum atomic E-state index is 13.1. The summed E-state index contributed by atoms with van der Waals surface area (Å²) in [5.74, 6) is -0.464. The van der Waals surface area contributed by atoms with Gasteiger partial charge in [0.05, 0.1) is 36.4 Å². The predicted octanol–water partition coefficient (Wildman–Crippen LogP) is 4.13. The number of nitrogens with zero attached hydrogens (tertiary/aromatic N) is 1. The summed E-state index contributed by atoms with van der Waals surface area (Å²) in [6.07, 6.45) is 1.51. The van der Waals surface area contributed by atoms with Crippen LogP contribution in [0.5, 0.6) is 5.75 Å². The van der Waals surface area contributed by atoms with Gasteiger partial charge in [-0.2, -0.15) is 0 Å². The van der Waals surface area contributed by atoms with E-state index in [1.54, 1.807) is 53.9 Å². The number of benzene rings is 1. The molecule has 0 saturated heterocycles. The molecule has 28 heavy (non-hydrogen) atoms. The standard InChI is InChI=1S/C21H17NO5S/c1-26-15-8-3-2-7-14(15)18-17(19(23)16-9-5-11-28-16)20(24)21(25)22(18)12-13-6-4-10-27-13/h2-11,18,24H,12H2,1H3. The van der Waals surface area contributed by atoms with Crippen molar-refractivity contribution in [3.63, 3.8) is 0 Å². The lowest BCUT2D eigenvalue weighted by Gasteiger charge is -2.27. The smallest absolute Gasteiger partial charge is 0.290 e. The topological polar surface area (TPSA) is 80.0 Å². The van der Waals surface area contributed by atoms with Crippen molar-refractivity contribution in [1.82, 2.24) is 4.90 Å². The first kappa shape index (κ1) is 18.1. The van der Waals surface area contributed by atoms with Crippen molar-refractivity contribution in [2.24, 2.45) is 0 Å². The normalized spacial score (nSPS) is 16.7. The van der Waals surface area contributed by atoms with Crippen LogP contribution >= 0.6 is 11.3 Å². The fourth-order valence-electron chi connectivity index (χ4n) is 3.38. The van der Waals surface area contributed by atoms with Crippen LogP contribution in [0.2, 0.25) is 0 Å². The Morgan fingerprint density at radius 1 is 1.21 bits per heavy atom. The Labute approximate surface area is 165 Å². The van der Waals surface area contributed by atoms with Crippen LogP contribution in [-0.4, -0.2) is 28.8 Å². The van der Waals surface area contributed by atoms with E-state index in [0.29, 0.717) is 22.0 Å². The maximum absolute atomic E-state index is 13.1. The quantitative estimate of drug-likeness (QED) is 0.635. The number of ketones is 1. The van der Waals surface area contributed by atoms with Crippen molar-refractivity contribution in [3.05, 3.63) is 87.7 Å². The van der Waals surface area contributed by atoms with Crippen molar-refractivity contribution in [3.8, 4) is 5.75 Å². The molecule has 0 radical (unpaired) electrons. The third-order valence-electron chi connectivity index (χ3n) is 4.63. The van der Waals surface area contributed by atoms with E-state index >= 15 is 0 Å². The third-order valence-corrected chi connectivity index (χ3v) is 5.50. The van der Waals surface area contributed by atoms with Crippen LogP contribution in [0.3, 0.4) is 0 Å². The second kappa shape index (κ2) is 7.36. The number of hydrogen-bond donors (Lipinski definition) is 1. The highest BCUT2D eigenvalue weighted by Crippen LogP contribution is 2.43. The monoisotopic (exact) mass is 395 g/mol. The van der Waals surface area contributed by atoms with E-state index in [1.165, 1.54) is 29.6 Å². The number of aliphatic hydroxyl groups excluding tert-OH is 1. The Kier molecular flexibility index (Phi) is 4.75. The van der Waals surface area contributed by atoms with Crippen LogP contribution in [0.1, 0.15) is 27.0 Å². The van der Waals surface area contributed by atoms with E-state index in [4.69, 9.17) is 9.15 Å². The van der Waals surface area contributed by atoms with Gasteiger partial charge in [-0.3, -0.25) is 9.59 Å². The number of Topliss-reactive ketones (excluding diaryl/α,β-unsaturated/α-hetero) is 1. The van der Waals surface area contributed by atoms with E-state index in [9.17, 15) is 14.7 Å². The van der Waals surface area contributed by atoms with Gasteiger partial charge in [0, 0.05) is 5.56 Å². The number of hydrogen-bond acceptors (Lipinski definition) is 6. The number of carbonyl (C=O) groups is 2. The molecule has 0 saturated carbocycles. The predicted molar refractivity (Wildman–Crippen MR) is 103 cm³/mol. The molecule has 1 atom stereocenters. The Morgan fingerprint density at radius 3 is 2.71 bits per heavy atom. The molecule has 7 heteroatoms. The zero-order valence-corrected chi connectivity index (χ0v) is 15.8. The van der Waals surface area contributed by atoms with Gasteiger partial charge in [-0.25, -0.2) is 0 Å². The number of rotatable bonds is 6. The molecule has 142 valence electrons. The summed E-state index contributed by atoms with van der Waals surface area (Å²) in [5.41, 5.74) is 0.664. The molecule has 1 N–H and O–H groups in total. The van der Waals surface area contributed by atoms with E-state index in [1.807, 2.05) is 0 Å². The van der Waals surface area contributed by atoms with E-state index in [-0.39, 0.29) is 17.9 Å². The lowest BCUT2D eigenvalue weighted by Crippen LogP contribution is -2.30. The first-order valence-corrected chi connectivity index (χ1v) is 9.47. The Balaban J connectivity index is 1.84. The number of aliphatic hydroxyl groups is 1. The van der Waals surface area contributed by atoms with Crippen LogP contribution in [0.25, 0.3) is 0 Å². The van der Waals surface area contributed by atoms with Gasteiger partial charge in [0.1, 0.15) is 11.5 Å². The minimum Gasteiger partial charge on any atom is -0.503 e. The van der Waals surface area contributed by atoms with Gasteiger partial charge in [0.25, 0.3) is 5.91 Å². The number of methoxy groups -OCH3 is 1. The molecular formula is C21H17NO5S. The highest BCUT2D eigenvalue weighted by atomic mass is 32.1. The minimum atomic E-state index is -0.789. The molecule has 1 aliphatic heterocycles. The van der Waals surface area contributed by atoms with Crippen molar-refractivity contribution in [1.29, 1.82) is 0 Å². The van der Waals surface area contributed by atoms with E-state index in [2.05, 4.69) is 0 Å². The molecule has 0 spiro atoms. The molecular weight excluding hydrogens is 378 g/mol. The number of carbonyl (C=O) groups excluding carboxylic acids is 2. The summed E-state index contributed by atoms with van der Waals surface area (Å²) in [5, 5.41) is 12.4. The van der Waals surface area contributed by atoms with Gasteiger partial charge in [0.2, 0.25) is 5.78 Å². The molecule has 1 aromatic carbocycles. The van der Waals surface area contributed by atoms with Crippen molar-refractivity contribution in [2.45, 2.75) is 12.6 Å². The van der Waals surface area contributed by atoms with Crippen molar-refractivity contribution in [2.75, 3.05) is 7.11 Å². The van der Waals surface area contributed by atoms with Crippen LogP contribution in [0.4, 0.5) is 0 Å².